The van der Waals surface area contributed by atoms with Crippen molar-refractivity contribution in [2.24, 2.45) is 0 Å². The van der Waals surface area contributed by atoms with Gasteiger partial charge in [-0.25, -0.2) is 4.79 Å². The first kappa shape index (κ1) is 15.4. The number of hydrogen-bond acceptors (Lipinski definition) is 4. The van der Waals surface area contributed by atoms with Crippen LogP contribution in [0.5, 0.6) is 0 Å². The summed E-state index contributed by atoms with van der Waals surface area (Å²) < 4.78 is 0. The Morgan fingerprint density at radius 1 is 1.20 bits per heavy atom. The van der Waals surface area contributed by atoms with E-state index in [0.717, 1.165) is 0 Å². The van der Waals surface area contributed by atoms with Crippen LogP contribution in [0, 0.1) is 10.1 Å². The number of hydrogen-bond donors (Lipinski definition) is 3. The molecule has 0 atom stereocenters. The average Bonchev–Trinajstić information content (AvgIpc) is 2.42. The van der Waals surface area contributed by atoms with Crippen LogP contribution in [0.25, 0.3) is 0 Å². The number of non-ortho nitro benzene ring substituents is 1. The van der Waals surface area contributed by atoms with Crippen molar-refractivity contribution in [1.29, 1.82) is 0 Å². The third kappa shape index (κ3) is 5.34. The zero-order valence-corrected chi connectivity index (χ0v) is 10.7. The van der Waals surface area contributed by atoms with Gasteiger partial charge in [0.15, 0.2) is 0 Å². The van der Waals surface area contributed by atoms with E-state index in [9.17, 15) is 19.7 Å². The van der Waals surface area contributed by atoms with Crippen LogP contribution in [0.2, 0.25) is 0 Å². The lowest BCUT2D eigenvalue weighted by Crippen LogP contribution is -2.26. The molecule has 0 unspecified atom stereocenters. The Kier molecular flexibility index (Phi) is 5.95. The summed E-state index contributed by atoms with van der Waals surface area (Å²) in [5, 5.41) is 23.8. The fourth-order valence-corrected chi connectivity index (χ4v) is 1.51. The van der Waals surface area contributed by atoms with E-state index in [1.54, 1.807) is 0 Å². The van der Waals surface area contributed by atoms with Crippen molar-refractivity contribution < 1.29 is 19.6 Å². The summed E-state index contributed by atoms with van der Waals surface area (Å²) in [5.74, 6) is -0.389. The first-order chi connectivity index (χ1) is 9.50. The second-order valence-electron chi connectivity index (χ2n) is 4.00. The molecule has 0 heterocycles. The third-order valence-electron chi connectivity index (χ3n) is 2.48. The van der Waals surface area contributed by atoms with Gasteiger partial charge < -0.3 is 15.7 Å². The standard InChI is InChI=1S/C12H15N3O5/c16-11(13-6-1-2-7-14-12(17)18)9-4-3-5-10(8-9)15(19)20/h3-5,8,14H,1-2,6-7H2,(H,13,16)(H,17,18). The van der Waals surface area contributed by atoms with Gasteiger partial charge in [-0.1, -0.05) is 6.07 Å². The number of carbonyl (C=O) groups excluding carboxylic acids is 1. The van der Waals surface area contributed by atoms with Crippen LogP contribution in [0.15, 0.2) is 24.3 Å². The van der Waals surface area contributed by atoms with E-state index in [1.165, 1.54) is 24.3 Å². The van der Waals surface area contributed by atoms with E-state index in [1.807, 2.05) is 0 Å². The molecule has 0 aliphatic heterocycles. The zero-order chi connectivity index (χ0) is 15.0. The molecule has 108 valence electrons. The number of rotatable bonds is 7. The number of nitro groups is 1. The molecule has 0 bridgehead atoms. The topological polar surface area (TPSA) is 122 Å². The Morgan fingerprint density at radius 3 is 2.45 bits per heavy atom. The number of benzene rings is 1. The van der Waals surface area contributed by atoms with Crippen LogP contribution in [-0.4, -0.2) is 35.1 Å². The molecule has 0 radical (unpaired) electrons. The Morgan fingerprint density at radius 2 is 1.85 bits per heavy atom. The largest absolute Gasteiger partial charge is 0.465 e. The number of amides is 2. The average molecular weight is 281 g/mol. The van der Waals surface area contributed by atoms with Crippen LogP contribution < -0.4 is 10.6 Å². The van der Waals surface area contributed by atoms with Crippen molar-refractivity contribution in [3.05, 3.63) is 39.9 Å². The number of nitro benzene ring substituents is 1. The predicted octanol–water partition coefficient (Wildman–Crippen LogP) is 1.37. The monoisotopic (exact) mass is 281 g/mol. The van der Waals surface area contributed by atoms with Crippen LogP contribution in [0.3, 0.4) is 0 Å². The first-order valence-electron chi connectivity index (χ1n) is 6.00. The molecule has 0 aromatic heterocycles. The number of nitrogens with one attached hydrogen (secondary N) is 2. The maximum absolute atomic E-state index is 11.7. The molecule has 0 saturated heterocycles. The van der Waals surface area contributed by atoms with E-state index in [0.29, 0.717) is 25.9 Å². The number of carbonyl (C=O) groups is 2. The molecule has 2 amide bonds. The molecule has 3 N–H and O–H groups in total. The van der Waals surface area contributed by atoms with Gasteiger partial charge in [0.25, 0.3) is 11.6 Å². The molecule has 20 heavy (non-hydrogen) atoms. The second-order valence-corrected chi connectivity index (χ2v) is 4.00. The van der Waals surface area contributed by atoms with E-state index < -0.39 is 11.0 Å². The lowest BCUT2D eigenvalue weighted by Gasteiger charge is -2.05. The molecule has 8 nitrogen and oxygen atoms in total. The normalized spacial score (nSPS) is 9.80. The van der Waals surface area contributed by atoms with Crippen molar-refractivity contribution in [2.75, 3.05) is 13.1 Å². The van der Waals surface area contributed by atoms with Gasteiger partial charge in [-0.3, -0.25) is 14.9 Å². The maximum atomic E-state index is 11.7. The van der Waals surface area contributed by atoms with E-state index in [4.69, 9.17) is 5.11 Å². The number of carboxylic acid groups (broad SMARTS) is 1. The van der Waals surface area contributed by atoms with Crippen molar-refractivity contribution in [1.82, 2.24) is 10.6 Å². The predicted molar refractivity (Wildman–Crippen MR) is 70.7 cm³/mol. The van der Waals surface area contributed by atoms with E-state index in [-0.39, 0.29) is 17.2 Å². The molecule has 0 aliphatic rings. The molecule has 0 aliphatic carbocycles. The lowest BCUT2D eigenvalue weighted by molar-refractivity contribution is -0.384. The Bertz CT molecular complexity index is 504. The highest BCUT2D eigenvalue weighted by atomic mass is 16.6. The summed E-state index contributed by atoms with van der Waals surface area (Å²) >= 11 is 0. The summed E-state index contributed by atoms with van der Waals surface area (Å²) in [6.07, 6.45) is 0.133. The third-order valence-corrected chi connectivity index (χ3v) is 2.48. The molecule has 0 fully saturated rings. The van der Waals surface area contributed by atoms with Crippen molar-refractivity contribution in [3.63, 3.8) is 0 Å². The Balaban J connectivity index is 2.34. The summed E-state index contributed by atoms with van der Waals surface area (Å²) in [5.41, 5.74) is 0.0890. The molecule has 0 saturated carbocycles. The summed E-state index contributed by atoms with van der Waals surface area (Å²) in [6, 6.07) is 5.47. The molecular weight excluding hydrogens is 266 g/mol. The first-order valence-corrected chi connectivity index (χ1v) is 6.00. The zero-order valence-electron chi connectivity index (χ0n) is 10.7. The van der Waals surface area contributed by atoms with Gasteiger partial charge in [0.05, 0.1) is 4.92 Å². The van der Waals surface area contributed by atoms with Crippen LogP contribution in [0.1, 0.15) is 23.2 Å². The Hall–Kier alpha value is -2.64. The Labute approximate surface area is 114 Å². The quantitative estimate of drug-likeness (QED) is 0.396. The van der Waals surface area contributed by atoms with Crippen molar-refractivity contribution >= 4 is 17.7 Å². The van der Waals surface area contributed by atoms with E-state index >= 15 is 0 Å². The van der Waals surface area contributed by atoms with Gasteiger partial charge in [0.2, 0.25) is 0 Å². The highest BCUT2D eigenvalue weighted by Gasteiger charge is 2.10. The number of nitrogens with zero attached hydrogens (tertiary/aromatic N) is 1. The van der Waals surface area contributed by atoms with Crippen molar-refractivity contribution in [3.8, 4) is 0 Å². The van der Waals surface area contributed by atoms with E-state index in [2.05, 4.69) is 10.6 Å². The van der Waals surface area contributed by atoms with Gasteiger partial charge in [0.1, 0.15) is 0 Å². The second kappa shape index (κ2) is 7.72. The maximum Gasteiger partial charge on any atom is 0.404 e. The van der Waals surface area contributed by atoms with Gasteiger partial charge in [-0.15, -0.1) is 0 Å². The summed E-state index contributed by atoms with van der Waals surface area (Å²) in [6.45, 7) is 0.699. The smallest absolute Gasteiger partial charge is 0.404 e. The highest BCUT2D eigenvalue weighted by Crippen LogP contribution is 2.12. The number of unbranched alkanes of at least 4 members (excludes halogenated alkanes) is 1. The molecular formula is C12H15N3O5. The van der Waals surface area contributed by atoms with Gasteiger partial charge in [-0.2, -0.15) is 0 Å². The molecule has 1 aromatic carbocycles. The fraction of sp³-hybridized carbons (Fsp3) is 0.333. The van der Waals surface area contributed by atoms with Crippen molar-refractivity contribution in [2.45, 2.75) is 12.8 Å². The minimum atomic E-state index is -1.08. The minimum Gasteiger partial charge on any atom is -0.465 e. The summed E-state index contributed by atoms with van der Waals surface area (Å²) in [4.78, 5) is 31.9. The minimum absolute atomic E-state index is 0.136. The lowest BCUT2D eigenvalue weighted by atomic mass is 10.2. The molecule has 0 spiro atoms. The fourth-order valence-electron chi connectivity index (χ4n) is 1.51. The molecule has 1 aromatic rings. The SMILES string of the molecule is O=C(O)NCCCCNC(=O)c1cccc([N+](=O)[O-])c1. The van der Waals surface area contributed by atoms with Gasteiger partial charge >= 0.3 is 6.09 Å². The van der Waals surface area contributed by atoms with Gasteiger partial charge in [0, 0.05) is 30.8 Å². The molecule has 8 heteroatoms. The van der Waals surface area contributed by atoms with Gasteiger partial charge in [-0.05, 0) is 18.9 Å². The highest BCUT2D eigenvalue weighted by molar-refractivity contribution is 5.94. The van der Waals surface area contributed by atoms with Crippen LogP contribution >= 0.6 is 0 Å². The van der Waals surface area contributed by atoms with Crippen LogP contribution in [0.4, 0.5) is 10.5 Å². The molecule has 1 rings (SSSR count). The summed E-state index contributed by atoms with van der Waals surface area (Å²) in [7, 11) is 0. The van der Waals surface area contributed by atoms with Crippen LogP contribution in [-0.2, 0) is 0 Å².